The van der Waals surface area contributed by atoms with E-state index in [0.29, 0.717) is 6.10 Å². The molecular weight excluding hydrogens is 511 g/mol. The van der Waals surface area contributed by atoms with Crippen LogP contribution in [0.4, 0.5) is 0 Å². The molecule has 0 bridgehead atoms. The molecule has 0 heterocycles. The molecule has 0 saturated carbocycles. The number of unbranched alkanes of at least 4 members (excludes halogenated alkanes) is 8. The Morgan fingerprint density at radius 1 is 0.719 bits per heavy atom. The van der Waals surface area contributed by atoms with Crippen molar-refractivity contribution >= 4 is 26.7 Å². The van der Waals surface area contributed by atoms with Gasteiger partial charge in [0.1, 0.15) is 0 Å². The maximum atomic E-state index is 7.23. The number of rotatable bonds is 20. The summed E-state index contributed by atoms with van der Waals surface area (Å²) in [5.74, 6) is 0. The third kappa shape index (κ3) is 11.9. The molecule has 0 saturated heterocycles. The van der Waals surface area contributed by atoms with E-state index in [1.807, 2.05) is 0 Å². The molecule has 0 aliphatic carbocycles. The molecule has 1 nitrogen and oxygen atoms in total. The van der Waals surface area contributed by atoms with Gasteiger partial charge in [-0.05, 0) is 0 Å². The summed E-state index contributed by atoms with van der Waals surface area (Å²) >= 11 is -2.50. The van der Waals surface area contributed by atoms with Gasteiger partial charge in [-0.1, -0.05) is 0 Å². The minimum atomic E-state index is -2.50. The maximum absolute atomic E-state index is 7.23. The zero-order valence-corrected chi connectivity index (χ0v) is 27.9. The van der Waals surface area contributed by atoms with Gasteiger partial charge in [-0.2, -0.15) is 0 Å². The van der Waals surface area contributed by atoms with Crippen molar-refractivity contribution in [2.24, 2.45) is 0 Å². The Bertz CT molecular complexity index is 458. The summed E-state index contributed by atoms with van der Waals surface area (Å²) in [7, 11) is -1.81. The topological polar surface area (TPSA) is 9.23 Å². The van der Waals surface area contributed by atoms with Crippen LogP contribution in [0.25, 0.3) is 0 Å². The molecule has 0 aromatic rings. The fourth-order valence-electron chi connectivity index (χ4n) is 4.69. The fraction of sp³-hybridized carbons (Fsp3) is 0.931. The molecule has 0 N–H and O–H groups in total. The Kier molecular flexibility index (Phi) is 17.6. The van der Waals surface area contributed by atoms with Crippen LogP contribution in [0.3, 0.4) is 0 Å². The summed E-state index contributed by atoms with van der Waals surface area (Å²) < 4.78 is 13.4. The van der Waals surface area contributed by atoms with Gasteiger partial charge in [-0.3, -0.25) is 0 Å². The third-order valence-electron chi connectivity index (χ3n) is 8.16. The van der Waals surface area contributed by atoms with E-state index < -0.39 is 26.7 Å². The molecule has 0 radical (unpaired) electrons. The van der Waals surface area contributed by atoms with Crippen molar-refractivity contribution < 1.29 is 4.43 Å². The van der Waals surface area contributed by atoms with E-state index in [1.165, 1.54) is 96.8 Å². The van der Waals surface area contributed by atoms with Crippen molar-refractivity contribution in [3.05, 3.63) is 10.2 Å². The van der Waals surface area contributed by atoms with Gasteiger partial charge < -0.3 is 0 Å². The van der Waals surface area contributed by atoms with Crippen molar-refractivity contribution in [1.29, 1.82) is 0 Å². The van der Waals surface area contributed by atoms with Crippen LogP contribution in [-0.2, 0) is 4.43 Å². The van der Waals surface area contributed by atoms with Crippen molar-refractivity contribution in [2.45, 2.75) is 169 Å². The standard InChI is InChI=1S/C17H35OSi.3C4H9.Sn/c1-8-10-11-12-13-14-15-16(9-2)18-19(6,7)17(3,4)5;3*1-3-4-2;/h16H,2,8,10-15H2,1,3-7H3;3*1,3-4H2,2H3;. The Morgan fingerprint density at radius 3 is 1.53 bits per heavy atom. The number of hydrogen-bond donors (Lipinski definition) is 0. The van der Waals surface area contributed by atoms with Crippen molar-refractivity contribution in [3.8, 4) is 0 Å². The molecule has 0 aliphatic heterocycles. The van der Waals surface area contributed by atoms with Gasteiger partial charge in [-0.15, -0.1) is 0 Å². The molecule has 1 atom stereocenters. The van der Waals surface area contributed by atoms with Crippen LogP contribution in [0.2, 0.25) is 31.4 Å². The molecule has 3 heteroatoms. The second kappa shape index (κ2) is 17.2. The predicted molar refractivity (Wildman–Crippen MR) is 154 cm³/mol. The second-order valence-corrected chi connectivity index (χ2v) is 30.2. The second-order valence-electron chi connectivity index (χ2n) is 12.0. The first-order valence-corrected chi connectivity index (χ1v) is 24.8. The monoisotopic (exact) mass is 574 g/mol. The summed E-state index contributed by atoms with van der Waals surface area (Å²) in [5, 5.41) is 0.265. The van der Waals surface area contributed by atoms with Crippen LogP contribution in [0.15, 0.2) is 10.2 Å². The summed E-state index contributed by atoms with van der Waals surface area (Å²) in [6, 6.07) is 0. The minimum absolute atomic E-state index is 0.265. The first-order chi connectivity index (χ1) is 15.0. The molecule has 0 aromatic heterocycles. The van der Waals surface area contributed by atoms with Crippen molar-refractivity contribution in [2.75, 3.05) is 0 Å². The van der Waals surface area contributed by atoms with Gasteiger partial charge in [0, 0.05) is 0 Å². The first kappa shape index (κ1) is 32.7. The quantitative estimate of drug-likeness (QED) is 0.104. The molecule has 0 spiro atoms. The van der Waals surface area contributed by atoms with Gasteiger partial charge >= 0.3 is 211 Å². The summed E-state index contributed by atoms with van der Waals surface area (Å²) in [6.45, 7) is 26.5. The van der Waals surface area contributed by atoms with Crippen molar-refractivity contribution in [1.82, 2.24) is 0 Å². The van der Waals surface area contributed by atoms with E-state index in [1.54, 1.807) is 3.59 Å². The van der Waals surface area contributed by atoms with E-state index in [4.69, 9.17) is 11.0 Å². The molecule has 0 fully saturated rings. The van der Waals surface area contributed by atoms with Crippen LogP contribution in [-0.4, -0.2) is 32.8 Å². The van der Waals surface area contributed by atoms with Crippen LogP contribution >= 0.6 is 0 Å². The van der Waals surface area contributed by atoms with Gasteiger partial charge in [-0.25, -0.2) is 0 Å². The van der Waals surface area contributed by atoms with Crippen LogP contribution in [0.1, 0.15) is 132 Å². The normalized spacial score (nSPS) is 14.0. The molecule has 192 valence electrons. The van der Waals surface area contributed by atoms with Crippen LogP contribution < -0.4 is 0 Å². The zero-order chi connectivity index (χ0) is 24.7. The molecule has 1 unspecified atom stereocenters. The zero-order valence-electron chi connectivity index (χ0n) is 24.0. The average Bonchev–Trinajstić information content (AvgIpc) is 2.73. The van der Waals surface area contributed by atoms with Gasteiger partial charge in [0.15, 0.2) is 0 Å². The molecule has 0 rings (SSSR count). The Labute approximate surface area is 210 Å². The van der Waals surface area contributed by atoms with Crippen LogP contribution in [0.5, 0.6) is 0 Å². The van der Waals surface area contributed by atoms with E-state index in [2.05, 4.69) is 61.6 Å². The van der Waals surface area contributed by atoms with Gasteiger partial charge in [0.2, 0.25) is 0 Å². The number of hydrogen-bond acceptors (Lipinski definition) is 1. The summed E-state index contributed by atoms with van der Waals surface area (Å²) in [4.78, 5) is 0. The van der Waals surface area contributed by atoms with Gasteiger partial charge in [0.05, 0.1) is 0 Å². The summed E-state index contributed by atoms with van der Waals surface area (Å²) in [5.41, 5.74) is 0. The molecule has 0 aliphatic rings. The fourth-order valence-corrected chi connectivity index (χ4v) is 22.6. The SMILES string of the molecule is C=[C](C(CCCCCCCC)O[Si](C)(C)C(C)(C)C)[Sn]([CH2]CCC)([CH2]CCC)[CH2]CCC. The first-order valence-electron chi connectivity index (χ1n) is 14.4. The molecule has 0 amide bonds. The molecule has 0 aromatic carbocycles. The Hall–Kier alpha value is 0.716. The van der Waals surface area contributed by atoms with E-state index in [9.17, 15) is 0 Å². The van der Waals surface area contributed by atoms with Crippen LogP contribution in [0, 0.1) is 0 Å². The van der Waals surface area contributed by atoms with Crippen molar-refractivity contribution in [3.63, 3.8) is 0 Å². The Balaban J connectivity index is 5.76. The average molecular weight is 574 g/mol. The predicted octanol–water partition coefficient (Wildman–Crippen LogP) is 11.1. The van der Waals surface area contributed by atoms with E-state index in [0.717, 1.165) is 0 Å². The van der Waals surface area contributed by atoms with E-state index >= 15 is 0 Å². The Morgan fingerprint density at radius 2 is 1.12 bits per heavy atom. The molecule has 32 heavy (non-hydrogen) atoms. The van der Waals surface area contributed by atoms with Gasteiger partial charge in [0.25, 0.3) is 0 Å². The summed E-state index contributed by atoms with van der Waals surface area (Å²) in [6.07, 6.45) is 18.0. The third-order valence-corrected chi connectivity index (χ3v) is 28.7. The van der Waals surface area contributed by atoms with E-state index in [-0.39, 0.29) is 5.04 Å². The molecular formula is C29H62OSiSn.